The molecule has 0 unspecified atom stereocenters. The number of anilines is 1. The lowest BCUT2D eigenvalue weighted by Gasteiger charge is -2.06. The van der Waals surface area contributed by atoms with E-state index < -0.39 is 0 Å². The third-order valence-electron chi connectivity index (χ3n) is 3.47. The molecule has 0 spiro atoms. The average molecular weight is 330 g/mol. The molecule has 0 atom stereocenters. The summed E-state index contributed by atoms with van der Waals surface area (Å²) in [5, 5.41) is 4.41. The van der Waals surface area contributed by atoms with Crippen LogP contribution in [0.3, 0.4) is 0 Å². The molecule has 1 amide bonds. The molecule has 3 aromatic rings. The van der Waals surface area contributed by atoms with Gasteiger partial charge in [0.05, 0.1) is 5.02 Å². The number of fused-ring (bicyclic) bond motifs is 1. The van der Waals surface area contributed by atoms with E-state index in [-0.39, 0.29) is 5.91 Å². The van der Waals surface area contributed by atoms with Crippen LogP contribution in [0.25, 0.3) is 10.1 Å². The van der Waals surface area contributed by atoms with Crippen molar-refractivity contribution in [2.24, 2.45) is 0 Å². The molecule has 3 rings (SSSR count). The summed E-state index contributed by atoms with van der Waals surface area (Å²) in [4.78, 5) is 13.1. The van der Waals surface area contributed by atoms with Crippen molar-refractivity contribution >= 4 is 44.6 Å². The van der Waals surface area contributed by atoms with Crippen LogP contribution in [0.2, 0.25) is 5.02 Å². The number of carbonyl (C=O) groups is 1. The fourth-order valence-electron chi connectivity index (χ4n) is 2.55. The molecule has 0 aliphatic rings. The maximum atomic E-state index is 12.5. The number of rotatable bonds is 2. The second-order valence-electron chi connectivity index (χ2n) is 5.58. The summed E-state index contributed by atoms with van der Waals surface area (Å²) < 4.78 is 1.04. The lowest BCUT2D eigenvalue weighted by Crippen LogP contribution is -2.10. The van der Waals surface area contributed by atoms with Crippen molar-refractivity contribution in [2.75, 3.05) is 5.32 Å². The zero-order valence-corrected chi connectivity index (χ0v) is 14.2. The van der Waals surface area contributed by atoms with Crippen molar-refractivity contribution in [2.45, 2.75) is 20.8 Å². The third kappa shape index (κ3) is 2.87. The van der Waals surface area contributed by atoms with Crippen molar-refractivity contribution in [1.82, 2.24) is 0 Å². The SMILES string of the molecule is Cc1cc(C)cc(NC(=O)c2sc3cc(C)ccc3c2Cl)c1. The van der Waals surface area contributed by atoms with E-state index >= 15 is 0 Å². The summed E-state index contributed by atoms with van der Waals surface area (Å²) in [7, 11) is 0. The second-order valence-corrected chi connectivity index (χ2v) is 7.01. The van der Waals surface area contributed by atoms with Gasteiger partial charge in [0.1, 0.15) is 4.88 Å². The van der Waals surface area contributed by atoms with Crippen molar-refractivity contribution in [3.63, 3.8) is 0 Å². The molecule has 0 bridgehead atoms. The third-order valence-corrected chi connectivity index (χ3v) is 5.13. The van der Waals surface area contributed by atoms with Gasteiger partial charge in [-0.1, -0.05) is 29.8 Å². The zero-order chi connectivity index (χ0) is 15.9. The molecule has 1 aromatic heterocycles. The molecular formula is C18H16ClNOS. The molecule has 22 heavy (non-hydrogen) atoms. The highest BCUT2D eigenvalue weighted by molar-refractivity contribution is 7.21. The minimum absolute atomic E-state index is 0.158. The van der Waals surface area contributed by atoms with Crippen molar-refractivity contribution < 1.29 is 4.79 Å². The molecule has 1 N–H and O–H groups in total. The minimum Gasteiger partial charge on any atom is -0.321 e. The number of hydrogen-bond acceptors (Lipinski definition) is 2. The number of carbonyl (C=O) groups excluding carboxylic acids is 1. The van der Waals surface area contributed by atoms with E-state index in [1.165, 1.54) is 11.3 Å². The summed E-state index contributed by atoms with van der Waals surface area (Å²) in [6, 6.07) is 12.0. The molecule has 0 aliphatic carbocycles. The molecule has 2 nitrogen and oxygen atoms in total. The highest BCUT2D eigenvalue weighted by atomic mass is 35.5. The lowest BCUT2D eigenvalue weighted by molar-refractivity contribution is 0.103. The topological polar surface area (TPSA) is 29.1 Å². The summed E-state index contributed by atoms with van der Waals surface area (Å²) in [6.45, 7) is 6.05. The zero-order valence-electron chi connectivity index (χ0n) is 12.7. The Morgan fingerprint density at radius 2 is 1.68 bits per heavy atom. The number of nitrogens with one attached hydrogen (secondary N) is 1. The second kappa shape index (κ2) is 5.75. The van der Waals surface area contributed by atoms with Crippen LogP contribution < -0.4 is 5.32 Å². The normalized spacial score (nSPS) is 10.9. The summed E-state index contributed by atoms with van der Waals surface area (Å²) in [5.74, 6) is -0.158. The number of amides is 1. The molecule has 2 aromatic carbocycles. The molecule has 4 heteroatoms. The Morgan fingerprint density at radius 3 is 2.36 bits per heavy atom. The van der Waals surface area contributed by atoms with E-state index in [0.29, 0.717) is 9.90 Å². The van der Waals surface area contributed by atoms with Gasteiger partial charge in [-0.25, -0.2) is 0 Å². The molecule has 0 radical (unpaired) electrons. The molecule has 0 saturated heterocycles. The van der Waals surface area contributed by atoms with Crippen LogP contribution in [0.5, 0.6) is 0 Å². The van der Waals surface area contributed by atoms with E-state index in [0.717, 1.165) is 32.5 Å². The fraction of sp³-hybridized carbons (Fsp3) is 0.167. The average Bonchev–Trinajstić information content (AvgIpc) is 2.74. The molecule has 112 valence electrons. The maximum absolute atomic E-state index is 12.5. The van der Waals surface area contributed by atoms with Gasteiger partial charge in [0.15, 0.2) is 0 Å². The largest absolute Gasteiger partial charge is 0.321 e. The molecular weight excluding hydrogens is 314 g/mol. The van der Waals surface area contributed by atoms with Crippen LogP contribution in [-0.4, -0.2) is 5.91 Å². The Hall–Kier alpha value is -1.84. The highest BCUT2D eigenvalue weighted by Crippen LogP contribution is 2.36. The van der Waals surface area contributed by atoms with Gasteiger partial charge in [-0.05, 0) is 55.7 Å². The Labute approximate surface area is 138 Å². The minimum atomic E-state index is -0.158. The Balaban J connectivity index is 1.96. The predicted octanol–water partition coefficient (Wildman–Crippen LogP) is 5.73. The van der Waals surface area contributed by atoms with Crippen molar-refractivity contribution in [3.05, 3.63) is 63.0 Å². The van der Waals surface area contributed by atoms with Gasteiger partial charge in [-0.15, -0.1) is 11.3 Å². The Morgan fingerprint density at radius 1 is 1.00 bits per heavy atom. The van der Waals surface area contributed by atoms with E-state index in [4.69, 9.17) is 11.6 Å². The van der Waals surface area contributed by atoms with Gasteiger partial charge in [0, 0.05) is 15.8 Å². The van der Waals surface area contributed by atoms with Crippen LogP contribution in [0, 0.1) is 20.8 Å². The summed E-state index contributed by atoms with van der Waals surface area (Å²) in [5.41, 5.74) is 4.20. The van der Waals surface area contributed by atoms with Crippen LogP contribution in [0.15, 0.2) is 36.4 Å². The van der Waals surface area contributed by atoms with E-state index in [1.807, 2.05) is 45.0 Å². The maximum Gasteiger partial charge on any atom is 0.267 e. The van der Waals surface area contributed by atoms with Gasteiger partial charge in [-0.3, -0.25) is 4.79 Å². The predicted molar refractivity (Wildman–Crippen MR) is 95.4 cm³/mol. The molecule has 1 heterocycles. The van der Waals surface area contributed by atoms with Gasteiger partial charge < -0.3 is 5.32 Å². The van der Waals surface area contributed by atoms with Gasteiger partial charge in [0.2, 0.25) is 0 Å². The number of hydrogen-bond donors (Lipinski definition) is 1. The first-order chi connectivity index (χ1) is 10.4. The first-order valence-electron chi connectivity index (χ1n) is 7.02. The Bertz CT molecular complexity index is 862. The van der Waals surface area contributed by atoms with Gasteiger partial charge in [0.25, 0.3) is 5.91 Å². The van der Waals surface area contributed by atoms with Crippen LogP contribution in [0.1, 0.15) is 26.4 Å². The lowest BCUT2D eigenvalue weighted by atomic mass is 10.1. The smallest absolute Gasteiger partial charge is 0.267 e. The highest BCUT2D eigenvalue weighted by Gasteiger charge is 2.17. The van der Waals surface area contributed by atoms with Crippen LogP contribution in [-0.2, 0) is 0 Å². The van der Waals surface area contributed by atoms with E-state index in [9.17, 15) is 4.79 Å². The molecule has 0 fully saturated rings. The molecule has 0 aliphatic heterocycles. The fourth-order valence-corrected chi connectivity index (χ4v) is 4.06. The number of benzene rings is 2. The summed E-state index contributed by atoms with van der Waals surface area (Å²) >= 11 is 7.81. The quantitative estimate of drug-likeness (QED) is 0.639. The van der Waals surface area contributed by atoms with Crippen molar-refractivity contribution in [1.29, 1.82) is 0 Å². The number of halogens is 1. The van der Waals surface area contributed by atoms with E-state index in [2.05, 4.69) is 17.4 Å². The Kier molecular flexibility index (Phi) is 3.94. The van der Waals surface area contributed by atoms with Gasteiger partial charge in [-0.2, -0.15) is 0 Å². The van der Waals surface area contributed by atoms with E-state index in [1.54, 1.807) is 0 Å². The first kappa shape index (κ1) is 15.1. The van der Waals surface area contributed by atoms with Gasteiger partial charge >= 0.3 is 0 Å². The monoisotopic (exact) mass is 329 g/mol. The standard InChI is InChI=1S/C18H16ClNOS/c1-10-4-5-14-15(9-10)22-17(16(14)19)18(21)20-13-7-11(2)6-12(3)8-13/h4-9H,1-3H3,(H,20,21). The summed E-state index contributed by atoms with van der Waals surface area (Å²) in [6.07, 6.45) is 0. The van der Waals surface area contributed by atoms with Crippen LogP contribution in [0.4, 0.5) is 5.69 Å². The first-order valence-corrected chi connectivity index (χ1v) is 8.22. The number of aryl methyl sites for hydroxylation is 3. The molecule has 0 saturated carbocycles. The number of thiophene rings is 1. The van der Waals surface area contributed by atoms with Crippen molar-refractivity contribution in [3.8, 4) is 0 Å². The van der Waals surface area contributed by atoms with Crippen LogP contribution >= 0.6 is 22.9 Å².